The molecule has 1 aromatic carbocycles. The monoisotopic (exact) mass is 323 g/mol. The molecule has 0 fully saturated rings. The third-order valence-corrected chi connectivity index (χ3v) is 4.32. The molecule has 0 spiro atoms. The van der Waals surface area contributed by atoms with Crippen LogP contribution >= 0.6 is 15.9 Å². The van der Waals surface area contributed by atoms with Gasteiger partial charge in [-0.3, -0.25) is 0 Å². The Kier molecular flexibility index (Phi) is 5.46. The van der Waals surface area contributed by atoms with Gasteiger partial charge in [0, 0.05) is 4.47 Å². The van der Waals surface area contributed by atoms with Crippen LogP contribution in [-0.2, 0) is 4.74 Å². The molecule has 19 heavy (non-hydrogen) atoms. The Balaban J connectivity index is 2.25. The van der Waals surface area contributed by atoms with E-state index in [2.05, 4.69) is 53.3 Å². The van der Waals surface area contributed by atoms with E-state index in [-0.39, 0.29) is 6.04 Å². The minimum absolute atomic E-state index is 0.275. The molecule has 2 nitrogen and oxygen atoms in total. The predicted octanol–water partition coefficient (Wildman–Crippen LogP) is 4.49. The van der Waals surface area contributed by atoms with Crippen LogP contribution in [0.15, 0.2) is 34.5 Å². The summed E-state index contributed by atoms with van der Waals surface area (Å²) in [7, 11) is 0. The lowest BCUT2D eigenvalue weighted by Crippen LogP contribution is -2.25. The zero-order valence-electron chi connectivity index (χ0n) is 11.7. The Morgan fingerprint density at radius 2 is 2.26 bits per heavy atom. The molecule has 1 aliphatic rings. The molecule has 0 aliphatic carbocycles. The summed E-state index contributed by atoms with van der Waals surface area (Å²) in [4.78, 5) is 0. The third-order valence-electron chi connectivity index (χ3n) is 3.46. The summed E-state index contributed by atoms with van der Waals surface area (Å²) in [6.45, 7) is 6.18. The molecule has 1 aliphatic heterocycles. The summed E-state index contributed by atoms with van der Waals surface area (Å²) in [6, 6.07) is 6.88. The Morgan fingerprint density at radius 3 is 2.89 bits per heavy atom. The van der Waals surface area contributed by atoms with Gasteiger partial charge in [-0.1, -0.05) is 35.0 Å². The molecule has 2 rings (SSSR count). The van der Waals surface area contributed by atoms with E-state index < -0.39 is 0 Å². The number of nitrogens with one attached hydrogen (secondary N) is 1. The average Bonchev–Trinajstić information content (AvgIpc) is 2.44. The maximum absolute atomic E-state index is 5.50. The summed E-state index contributed by atoms with van der Waals surface area (Å²) in [5, 5.41) is 3.63. The fourth-order valence-corrected chi connectivity index (χ4v) is 2.73. The van der Waals surface area contributed by atoms with E-state index in [1.807, 2.05) is 6.26 Å². The molecule has 0 saturated carbocycles. The standard InChI is InChI=1S/C16H22BrNO/c1-3-8-18-16(14-5-4-9-19-11-14)13-7-6-12(2)15(17)10-13/h6-7,10-11,16,18H,3-5,8-9H2,1-2H3. The van der Waals surface area contributed by atoms with Gasteiger partial charge in [0.05, 0.1) is 18.9 Å². The number of hydrogen-bond acceptors (Lipinski definition) is 2. The van der Waals surface area contributed by atoms with E-state index in [1.165, 1.54) is 21.2 Å². The molecule has 1 unspecified atom stereocenters. The van der Waals surface area contributed by atoms with Crippen LogP contribution in [-0.4, -0.2) is 13.2 Å². The molecular weight excluding hydrogens is 302 g/mol. The van der Waals surface area contributed by atoms with Crippen molar-refractivity contribution in [2.75, 3.05) is 13.2 Å². The average molecular weight is 324 g/mol. The van der Waals surface area contributed by atoms with Crippen LogP contribution in [0, 0.1) is 6.92 Å². The van der Waals surface area contributed by atoms with Gasteiger partial charge in [-0.05, 0) is 55.5 Å². The molecule has 104 valence electrons. The number of rotatable bonds is 5. The van der Waals surface area contributed by atoms with E-state index in [4.69, 9.17) is 4.74 Å². The third kappa shape index (κ3) is 3.83. The molecule has 1 atom stereocenters. The van der Waals surface area contributed by atoms with E-state index in [0.717, 1.165) is 32.4 Å². The smallest absolute Gasteiger partial charge is 0.0876 e. The topological polar surface area (TPSA) is 21.3 Å². The van der Waals surface area contributed by atoms with Gasteiger partial charge in [0.1, 0.15) is 0 Å². The molecule has 0 aromatic heterocycles. The molecule has 1 aromatic rings. The minimum atomic E-state index is 0.275. The molecule has 0 bridgehead atoms. The first-order valence-electron chi connectivity index (χ1n) is 7.02. The van der Waals surface area contributed by atoms with E-state index >= 15 is 0 Å². The summed E-state index contributed by atoms with van der Waals surface area (Å²) in [6.07, 6.45) is 5.32. The zero-order valence-corrected chi connectivity index (χ0v) is 13.3. The summed E-state index contributed by atoms with van der Waals surface area (Å²) in [5.74, 6) is 0. The second-order valence-electron chi connectivity index (χ2n) is 5.06. The van der Waals surface area contributed by atoms with Gasteiger partial charge in [0.15, 0.2) is 0 Å². The number of aryl methyl sites for hydroxylation is 1. The van der Waals surface area contributed by atoms with Crippen molar-refractivity contribution in [2.45, 2.75) is 39.2 Å². The Labute approximate surface area is 124 Å². The molecular formula is C16H22BrNO. The Bertz CT molecular complexity index is 456. The van der Waals surface area contributed by atoms with Crippen LogP contribution in [0.2, 0.25) is 0 Å². The minimum Gasteiger partial charge on any atom is -0.501 e. The molecule has 0 amide bonds. The highest BCUT2D eigenvalue weighted by molar-refractivity contribution is 9.10. The van der Waals surface area contributed by atoms with Crippen LogP contribution in [0.25, 0.3) is 0 Å². The molecule has 1 heterocycles. The fraction of sp³-hybridized carbons (Fsp3) is 0.500. The van der Waals surface area contributed by atoms with Crippen molar-refractivity contribution in [1.82, 2.24) is 5.32 Å². The lowest BCUT2D eigenvalue weighted by molar-refractivity contribution is 0.219. The first-order chi connectivity index (χ1) is 9.22. The maximum atomic E-state index is 5.50. The van der Waals surface area contributed by atoms with Crippen molar-refractivity contribution < 1.29 is 4.74 Å². The molecule has 1 N–H and O–H groups in total. The van der Waals surface area contributed by atoms with Gasteiger partial charge in [-0.2, -0.15) is 0 Å². The van der Waals surface area contributed by atoms with Crippen LogP contribution in [0.3, 0.4) is 0 Å². The fourth-order valence-electron chi connectivity index (χ4n) is 2.34. The number of ether oxygens (including phenoxy) is 1. The van der Waals surface area contributed by atoms with Gasteiger partial charge < -0.3 is 10.1 Å². The number of hydrogen-bond donors (Lipinski definition) is 1. The first kappa shape index (κ1) is 14.6. The normalized spacial score (nSPS) is 16.7. The lowest BCUT2D eigenvalue weighted by Gasteiger charge is -2.25. The number of benzene rings is 1. The van der Waals surface area contributed by atoms with Crippen LogP contribution in [0.5, 0.6) is 0 Å². The van der Waals surface area contributed by atoms with E-state index in [0.29, 0.717) is 0 Å². The van der Waals surface area contributed by atoms with Gasteiger partial charge in [-0.25, -0.2) is 0 Å². The van der Waals surface area contributed by atoms with E-state index in [9.17, 15) is 0 Å². The Morgan fingerprint density at radius 1 is 1.42 bits per heavy atom. The molecule has 0 saturated heterocycles. The van der Waals surface area contributed by atoms with E-state index in [1.54, 1.807) is 0 Å². The Hall–Kier alpha value is -0.800. The predicted molar refractivity (Wildman–Crippen MR) is 83.2 cm³/mol. The largest absolute Gasteiger partial charge is 0.501 e. The summed E-state index contributed by atoms with van der Waals surface area (Å²) in [5.41, 5.74) is 3.94. The van der Waals surface area contributed by atoms with Crippen molar-refractivity contribution in [3.8, 4) is 0 Å². The second-order valence-corrected chi connectivity index (χ2v) is 5.92. The number of halogens is 1. The van der Waals surface area contributed by atoms with Crippen molar-refractivity contribution in [3.05, 3.63) is 45.6 Å². The van der Waals surface area contributed by atoms with Crippen LogP contribution in [0.1, 0.15) is 43.4 Å². The quantitative estimate of drug-likeness (QED) is 0.861. The summed E-state index contributed by atoms with van der Waals surface area (Å²) >= 11 is 3.63. The van der Waals surface area contributed by atoms with Crippen molar-refractivity contribution in [2.24, 2.45) is 0 Å². The SMILES string of the molecule is CCCNC(C1=COCCC1)c1ccc(C)c(Br)c1. The van der Waals surface area contributed by atoms with Crippen molar-refractivity contribution in [1.29, 1.82) is 0 Å². The second kappa shape index (κ2) is 7.11. The highest BCUT2D eigenvalue weighted by Crippen LogP contribution is 2.30. The first-order valence-corrected chi connectivity index (χ1v) is 7.81. The van der Waals surface area contributed by atoms with Crippen molar-refractivity contribution >= 4 is 15.9 Å². The molecule has 0 radical (unpaired) electrons. The lowest BCUT2D eigenvalue weighted by atomic mass is 9.94. The highest BCUT2D eigenvalue weighted by Gasteiger charge is 2.18. The maximum Gasteiger partial charge on any atom is 0.0876 e. The van der Waals surface area contributed by atoms with Gasteiger partial charge in [0.25, 0.3) is 0 Å². The highest BCUT2D eigenvalue weighted by atomic mass is 79.9. The van der Waals surface area contributed by atoms with Crippen LogP contribution in [0.4, 0.5) is 0 Å². The van der Waals surface area contributed by atoms with Crippen LogP contribution < -0.4 is 5.32 Å². The molecule has 3 heteroatoms. The van der Waals surface area contributed by atoms with Gasteiger partial charge in [0.2, 0.25) is 0 Å². The van der Waals surface area contributed by atoms with Crippen molar-refractivity contribution in [3.63, 3.8) is 0 Å². The summed E-state index contributed by atoms with van der Waals surface area (Å²) < 4.78 is 6.68. The van der Waals surface area contributed by atoms with Gasteiger partial charge in [-0.15, -0.1) is 0 Å². The van der Waals surface area contributed by atoms with Gasteiger partial charge >= 0.3 is 0 Å². The zero-order chi connectivity index (χ0) is 13.7.